The Morgan fingerprint density at radius 1 is 1.50 bits per heavy atom. The molecule has 0 aliphatic heterocycles. The summed E-state index contributed by atoms with van der Waals surface area (Å²) in [5.41, 5.74) is 5.75. The molecule has 1 amide bonds. The molecule has 1 saturated carbocycles. The Morgan fingerprint density at radius 2 is 2.28 bits per heavy atom. The number of hydrogen-bond donors (Lipinski definition) is 3. The Morgan fingerprint density at radius 3 is 2.89 bits per heavy atom. The van der Waals surface area contributed by atoms with Gasteiger partial charge in [-0.15, -0.1) is 0 Å². The summed E-state index contributed by atoms with van der Waals surface area (Å²) in [4.78, 5) is 16.7. The molecule has 0 spiro atoms. The van der Waals surface area contributed by atoms with Crippen LogP contribution in [0.2, 0.25) is 0 Å². The van der Waals surface area contributed by atoms with Crippen molar-refractivity contribution in [1.82, 2.24) is 10.3 Å². The summed E-state index contributed by atoms with van der Waals surface area (Å²) in [6.07, 6.45) is 4.57. The monoisotopic (exact) mass is 268 g/mol. The number of amides is 1. The lowest BCUT2D eigenvalue weighted by atomic mass is 9.87. The number of hydrogen-bond acceptors (Lipinski definition) is 5. The van der Waals surface area contributed by atoms with Crippen LogP contribution in [0.3, 0.4) is 0 Å². The maximum atomic E-state index is 12.1. The van der Waals surface area contributed by atoms with E-state index in [0.717, 1.165) is 12.8 Å². The average molecular weight is 268 g/mol. The van der Waals surface area contributed by atoms with Crippen LogP contribution in [0.5, 0.6) is 0 Å². The molecule has 0 bridgehead atoms. The van der Waals surface area contributed by atoms with Crippen LogP contribution < -0.4 is 16.4 Å². The fourth-order valence-corrected chi connectivity index (χ4v) is 3.16. The summed E-state index contributed by atoms with van der Waals surface area (Å²) >= 11 is 1.30. The minimum absolute atomic E-state index is 0.0920. The van der Waals surface area contributed by atoms with Crippen LogP contribution in [-0.4, -0.2) is 24.0 Å². The highest BCUT2D eigenvalue weighted by molar-refractivity contribution is 7.18. The van der Waals surface area contributed by atoms with Gasteiger partial charge in [-0.3, -0.25) is 4.79 Å². The van der Waals surface area contributed by atoms with Crippen LogP contribution >= 0.6 is 11.3 Å². The summed E-state index contributed by atoms with van der Waals surface area (Å²) in [5.74, 6) is 0.909. The van der Waals surface area contributed by atoms with Crippen molar-refractivity contribution >= 4 is 28.2 Å². The Labute approximate surface area is 111 Å². The number of rotatable bonds is 3. The standard InChI is InChI=1S/C12H20N4OS/c1-7-4-3-5-8(6-7)15-11(17)9-10(13)16-12(14-2)18-9/h7-8H,3-6,13H2,1-2H3,(H,14,16)(H,15,17). The van der Waals surface area contributed by atoms with E-state index in [9.17, 15) is 4.79 Å². The number of thiazole rings is 1. The van der Waals surface area contributed by atoms with E-state index in [4.69, 9.17) is 5.73 Å². The van der Waals surface area contributed by atoms with E-state index in [2.05, 4.69) is 22.5 Å². The van der Waals surface area contributed by atoms with Crippen molar-refractivity contribution in [3.63, 3.8) is 0 Å². The number of aromatic nitrogens is 1. The summed E-state index contributed by atoms with van der Waals surface area (Å²) < 4.78 is 0. The van der Waals surface area contributed by atoms with Gasteiger partial charge in [0.15, 0.2) is 5.13 Å². The SMILES string of the molecule is CNc1nc(N)c(C(=O)NC2CCCC(C)C2)s1. The van der Waals surface area contributed by atoms with Gasteiger partial charge in [-0.1, -0.05) is 31.1 Å². The third-order valence-corrected chi connectivity index (χ3v) is 4.43. The van der Waals surface area contributed by atoms with Crippen molar-refractivity contribution in [3.05, 3.63) is 4.88 Å². The van der Waals surface area contributed by atoms with Gasteiger partial charge in [-0.05, 0) is 18.8 Å². The first-order valence-corrected chi connectivity index (χ1v) is 7.16. The van der Waals surface area contributed by atoms with E-state index in [0.29, 0.717) is 21.7 Å². The molecule has 5 nitrogen and oxygen atoms in total. The largest absolute Gasteiger partial charge is 0.382 e. The van der Waals surface area contributed by atoms with Crippen LogP contribution in [0.1, 0.15) is 42.3 Å². The van der Waals surface area contributed by atoms with Crippen LogP contribution in [0, 0.1) is 5.92 Å². The van der Waals surface area contributed by atoms with Gasteiger partial charge in [0.1, 0.15) is 10.7 Å². The maximum absolute atomic E-state index is 12.1. The normalized spacial score (nSPS) is 23.7. The van der Waals surface area contributed by atoms with Crippen molar-refractivity contribution in [3.8, 4) is 0 Å². The minimum Gasteiger partial charge on any atom is -0.382 e. The zero-order chi connectivity index (χ0) is 13.1. The lowest BCUT2D eigenvalue weighted by molar-refractivity contribution is 0.0926. The predicted octanol–water partition coefficient (Wildman–Crippen LogP) is 2.08. The van der Waals surface area contributed by atoms with Gasteiger partial charge in [0.25, 0.3) is 5.91 Å². The van der Waals surface area contributed by atoms with Gasteiger partial charge in [-0.2, -0.15) is 0 Å². The highest BCUT2D eigenvalue weighted by atomic mass is 32.1. The predicted molar refractivity (Wildman–Crippen MR) is 75.0 cm³/mol. The van der Waals surface area contributed by atoms with Gasteiger partial charge in [0.2, 0.25) is 0 Å². The van der Waals surface area contributed by atoms with Crippen molar-refractivity contribution < 1.29 is 4.79 Å². The number of nitrogen functional groups attached to an aromatic ring is 1. The smallest absolute Gasteiger partial charge is 0.265 e. The highest BCUT2D eigenvalue weighted by Gasteiger charge is 2.23. The molecule has 0 radical (unpaired) electrons. The molecule has 2 unspecified atom stereocenters. The minimum atomic E-state index is -0.0920. The van der Waals surface area contributed by atoms with E-state index in [1.165, 1.54) is 24.2 Å². The van der Waals surface area contributed by atoms with E-state index >= 15 is 0 Å². The molecule has 1 aromatic heterocycles. The quantitative estimate of drug-likeness (QED) is 0.784. The fourth-order valence-electron chi connectivity index (χ4n) is 2.42. The van der Waals surface area contributed by atoms with E-state index < -0.39 is 0 Å². The molecule has 1 heterocycles. The number of carbonyl (C=O) groups is 1. The molecule has 1 fully saturated rings. The van der Waals surface area contributed by atoms with Gasteiger partial charge in [-0.25, -0.2) is 4.98 Å². The van der Waals surface area contributed by atoms with Gasteiger partial charge in [0, 0.05) is 13.1 Å². The van der Waals surface area contributed by atoms with Crippen molar-refractivity contribution in [2.45, 2.75) is 38.6 Å². The number of nitrogens with one attached hydrogen (secondary N) is 2. The third-order valence-electron chi connectivity index (χ3n) is 3.35. The van der Waals surface area contributed by atoms with Crippen LogP contribution in [0.15, 0.2) is 0 Å². The van der Waals surface area contributed by atoms with E-state index in [-0.39, 0.29) is 11.9 Å². The number of nitrogens with two attached hydrogens (primary N) is 1. The first-order valence-electron chi connectivity index (χ1n) is 6.35. The Balaban J connectivity index is 2.00. The summed E-state index contributed by atoms with van der Waals surface area (Å²) in [6.45, 7) is 2.23. The molecule has 1 aromatic rings. The highest BCUT2D eigenvalue weighted by Crippen LogP contribution is 2.27. The summed E-state index contributed by atoms with van der Waals surface area (Å²) in [5, 5.41) is 6.64. The molecule has 2 atom stereocenters. The van der Waals surface area contributed by atoms with Gasteiger partial charge < -0.3 is 16.4 Å². The van der Waals surface area contributed by atoms with Gasteiger partial charge in [0.05, 0.1) is 0 Å². The van der Waals surface area contributed by atoms with Crippen LogP contribution in [-0.2, 0) is 0 Å². The van der Waals surface area contributed by atoms with Crippen molar-refractivity contribution in [2.24, 2.45) is 5.92 Å². The van der Waals surface area contributed by atoms with E-state index in [1.807, 2.05) is 0 Å². The lowest BCUT2D eigenvalue weighted by Crippen LogP contribution is -2.37. The first kappa shape index (κ1) is 13.1. The molecule has 100 valence electrons. The number of anilines is 2. The molecule has 0 aromatic carbocycles. The van der Waals surface area contributed by atoms with Crippen LogP contribution in [0.25, 0.3) is 0 Å². The molecule has 1 aliphatic rings. The number of carbonyl (C=O) groups excluding carboxylic acids is 1. The lowest BCUT2D eigenvalue weighted by Gasteiger charge is -2.27. The third kappa shape index (κ3) is 2.93. The molecule has 0 saturated heterocycles. The van der Waals surface area contributed by atoms with E-state index in [1.54, 1.807) is 7.05 Å². The first-order chi connectivity index (χ1) is 8.60. The molecule has 6 heteroatoms. The molecular formula is C12H20N4OS. The Hall–Kier alpha value is -1.30. The Bertz CT molecular complexity index is 432. The maximum Gasteiger partial charge on any atom is 0.265 e. The van der Waals surface area contributed by atoms with Crippen molar-refractivity contribution in [2.75, 3.05) is 18.1 Å². The zero-order valence-corrected chi connectivity index (χ0v) is 11.6. The summed E-state index contributed by atoms with van der Waals surface area (Å²) in [6, 6.07) is 0.279. The molecular weight excluding hydrogens is 248 g/mol. The fraction of sp³-hybridized carbons (Fsp3) is 0.667. The second-order valence-electron chi connectivity index (χ2n) is 4.93. The molecule has 2 rings (SSSR count). The van der Waals surface area contributed by atoms with Crippen molar-refractivity contribution in [1.29, 1.82) is 0 Å². The molecule has 18 heavy (non-hydrogen) atoms. The average Bonchev–Trinajstić information content (AvgIpc) is 2.70. The molecule has 1 aliphatic carbocycles. The van der Waals surface area contributed by atoms with Crippen LogP contribution in [0.4, 0.5) is 10.9 Å². The second kappa shape index (κ2) is 5.56. The Kier molecular flexibility index (Phi) is 4.06. The molecule has 4 N–H and O–H groups in total. The summed E-state index contributed by atoms with van der Waals surface area (Å²) in [7, 11) is 1.77. The van der Waals surface area contributed by atoms with Gasteiger partial charge >= 0.3 is 0 Å². The second-order valence-corrected chi connectivity index (χ2v) is 5.92. The number of nitrogens with zero attached hydrogens (tertiary/aromatic N) is 1. The zero-order valence-electron chi connectivity index (χ0n) is 10.8. The topological polar surface area (TPSA) is 80.0 Å².